The van der Waals surface area contributed by atoms with Gasteiger partial charge in [-0.2, -0.15) is 5.01 Å². The largest absolute Gasteiger partial charge is 0.492 e. The lowest BCUT2D eigenvalue weighted by molar-refractivity contribution is -0.123. The van der Waals surface area contributed by atoms with Gasteiger partial charge in [0.1, 0.15) is 0 Å². The zero-order chi connectivity index (χ0) is 21.0. The molecule has 0 saturated carbocycles. The van der Waals surface area contributed by atoms with Crippen molar-refractivity contribution in [1.29, 1.82) is 0 Å². The Morgan fingerprint density at radius 1 is 1.31 bits per heavy atom. The van der Waals surface area contributed by atoms with E-state index in [2.05, 4.69) is 21.4 Å². The minimum absolute atomic E-state index is 0.253. The normalized spacial score (nSPS) is 15.0. The number of hydrogen-bond donors (Lipinski definition) is 1. The highest BCUT2D eigenvalue weighted by Crippen LogP contribution is 2.38. The van der Waals surface area contributed by atoms with E-state index in [0.29, 0.717) is 33.0 Å². The fourth-order valence-corrected chi connectivity index (χ4v) is 4.40. The third kappa shape index (κ3) is 4.80. The first kappa shape index (κ1) is 21.4. The molecule has 0 bridgehead atoms. The van der Waals surface area contributed by atoms with E-state index in [0.717, 1.165) is 22.3 Å². The number of nitrogens with one attached hydrogen (secondary N) is 1. The molecule has 3 rings (SSSR count). The van der Waals surface area contributed by atoms with E-state index in [1.165, 1.54) is 0 Å². The fourth-order valence-electron chi connectivity index (χ4n) is 2.60. The molecular formula is C20H17BrN2O4S2. The molecule has 0 aliphatic carbocycles. The molecule has 1 fully saturated rings. The minimum Gasteiger partial charge on any atom is -0.492 e. The Morgan fingerprint density at radius 3 is 2.69 bits per heavy atom. The molecular weight excluding hydrogens is 476 g/mol. The summed E-state index contributed by atoms with van der Waals surface area (Å²) in [7, 11) is 1.56. The summed E-state index contributed by atoms with van der Waals surface area (Å²) < 4.78 is 11.9. The third-order valence-corrected chi connectivity index (χ3v) is 5.77. The lowest BCUT2D eigenvalue weighted by Crippen LogP contribution is -2.44. The molecule has 2 amide bonds. The lowest BCUT2D eigenvalue weighted by atomic mass is 10.2. The van der Waals surface area contributed by atoms with Gasteiger partial charge in [-0.1, -0.05) is 30.0 Å². The predicted octanol–water partition coefficient (Wildman–Crippen LogP) is 4.40. The summed E-state index contributed by atoms with van der Waals surface area (Å²) in [4.78, 5) is 25.5. The Kier molecular flexibility index (Phi) is 6.94. The number of carbonyl (C=O) groups is 2. The molecule has 29 heavy (non-hydrogen) atoms. The number of ether oxygens (including phenoxy) is 2. The summed E-state index contributed by atoms with van der Waals surface area (Å²) in [5.74, 6) is 0.332. The second-order valence-corrected chi connectivity index (χ2v) is 8.32. The monoisotopic (exact) mass is 492 g/mol. The Labute approximate surface area is 186 Å². The summed E-state index contributed by atoms with van der Waals surface area (Å²) in [6.07, 6.45) is 1.70. The summed E-state index contributed by atoms with van der Waals surface area (Å²) in [6.45, 7) is 2.35. The van der Waals surface area contributed by atoms with E-state index in [1.807, 2.05) is 19.1 Å². The van der Waals surface area contributed by atoms with Crippen LogP contribution in [0.25, 0.3) is 6.08 Å². The van der Waals surface area contributed by atoms with Gasteiger partial charge in [-0.15, -0.1) is 0 Å². The molecule has 9 heteroatoms. The SMILES string of the molecule is CCOc1cc(/C=C2/SC(=S)N(NC(=O)c3ccccc3)C2=O)cc(Br)c1OC. The van der Waals surface area contributed by atoms with Crippen LogP contribution in [-0.2, 0) is 4.79 Å². The van der Waals surface area contributed by atoms with Crippen molar-refractivity contribution in [1.82, 2.24) is 10.4 Å². The number of hydrazine groups is 1. The molecule has 0 unspecified atom stereocenters. The zero-order valence-electron chi connectivity index (χ0n) is 15.6. The quantitative estimate of drug-likeness (QED) is 0.475. The number of benzene rings is 2. The van der Waals surface area contributed by atoms with Gasteiger partial charge in [-0.3, -0.25) is 15.0 Å². The molecule has 150 valence electrons. The highest BCUT2D eigenvalue weighted by atomic mass is 79.9. The third-order valence-electron chi connectivity index (χ3n) is 3.88. The minimum atomic E-state index is -0.408. The molecule has 1 saturated heterocycles. The highest BCUT2D eigenvalue weighted by molar-refractivity contribution is 9.10. The van der Waals surface area contributed by atoms with Gasteiger partial charge >= 0.3 is 0 Å². The van der Waals surface area contributed by atoms with Crippen molar-refractivity contribution in [2.45, 2.75) is 6.92 Å². The molecule has 2 aromatic rings. The average molecular weight is 493 g/mol. The smallest absolute Gasteiger partial charge is 0.285 e. The summed E-state index contributed by atoms with van der Waals surface area (Å²) >= 11 is 9.84. The van der Waals surface area contributed by atoms with Gasteiger partial charge in [-0.25, -0.2) is 0 Å². The second kappa shape index (κ2) is 9.43. The molecule has 0 aromatic heterocycles. The van der Waals surface area contributed by atoms with Crippen LogP contribution in [0, 0.1) is 0 Å². The molecule has 1 aliphatic heterocycles. The zero-order valence-corrected chi connectivity index (χ0v) is 18.8. The lowest BCUT2D eigenvalue weighted by Gasteiger charge is -2.15. The van der Waals surface area contributed by atoms with E-state index in [-0.39, 0.29) is 4.32 Å². The molecule has 1 heterocycles. The van der Waals surface area contributed by atoms with Crippen molar-refractivity contribution in [2.24, 2.45) is 0 Å². The first-order valence-electron chi connectivity index (χ1n) is 8.59. The topological polar surface area (TPSA) is 67.9 Å². The Bertz CT molecular complexity index is 995. The van der Waals surface area contributed by atoms with E-state index in [9.17, 15) is 9.59 Å². The molecule has 2 aromatic carbocycles. The van der Waals surface area contributed by atoms with Crippen molar-refractivity contribution in [2.75, 3.05) is 13.7 Å². The first-order chi connectivity index (χ1) is 13.9. The Balaban J connectivity index is 1.84. The van der Waals surface area contributed by atoms with Crippen LogP contribution in [0.1, 0.15) is 22.8 Å². The maximum absolute atomic E-state index is 12.8. The second-order valence-electron chi connectivity index (χ2n) is 5.79. The number of thiocarbonyl (C=S) groups is 1. The maximum Gasteiger partial charge on any atom is 0.285 e. The van der Waals surface area contributed by atoms with Crippen molar-refractivity contribution in [3.63, 3.8) is 0 Å². The van der Waals surface area contributed by atoms with Crippen LogP contribution >= 0.6 is 39.9 Å². The van der Waals surface area contributed by atoms with Crippen molar-refractivity contribution in [3.8, 4) is 11.5 Å². The molecule has 0 spiro atoms. The van der Waals surface area contributed by atoms with Crippen LogP contribution < -0.4 is 14.9 Å². The molecule has 6 nitrogen and oxygen atoms in total. The highest BCUT2D eigenvalue weighted by Gasteiger charge is 2.33. The summed E-state index contributed by atoms with van der Waals surface area (Å²) in [5.41, 5.74) is 3.73. The van der Waals surface area contributed by atoms with Gasteiger partial charge in [0.2, 0.25) is 0 Å². The number of hydrogen-bond acceptors (Lipinski definition) is 6. The van der Waals surface area contributed by atoms with E-state index < -0.39 is 11.8 Å². The number of methoxy groups -OCH3 is 1. The fraction of sp³-hybridized carbons (Fsp3) is 0.150. The van der Waals surface area contributed by atoms with Gasteiger partial charge in [0.15, 0.2) is 15.8 Å². The Hall–Kier alpha value is -2.36. The summed E-state index contributed by atoms with van der Waals surface area (Å²) in [5, 5.41) is 1.09. The van der Waals surface area contributed by atoms with Gasteiger partial charge in [0.25, 0.3) is 11.8 Å². The van der Waals surface area contributed by atoms with E-state index >= 15 is 0 Å². The molecule has 1 N–H and O–H groups in total. The van der Waals surface area contributed by atoms with Crippen LogP contribution in [0.4, 0.5) is 0 Å². The number of rotatable bonds is 6. The number of halogens is 1. The van der Waals surface area contributed by atoms with E-state index in [4.69, 9.17) is 21.7 Å². The standard InChI is InChI=1S/C20H17BrN2O4S2/c1-3-27-15-10-12(9-14(21)17(15)26-2)11-16-19(25)23(20(28)29-16)22-18(24)13-7-5-4-6-8-13/h4-11H,3H2,1-2H3,(H,22,24)/b16-11+. The van der Waals surface area contributed by atoms with Crippen molar-refractivity contribution < 1.29 is 19.1 Å². The number of carbonyl (C=O) groups excluding carboxylic acids is 2. The number of nitrogens with zero attached hydrogens (tertiary/aromatic N) is 1. The Morgan fingerprint density at radius 2 is 2.03 bits per heavy atom. The number of amides is 2. The van der Waals surface area contributed by atoms with Crippen LogP contribution in [0.2, 0.25) is 0 Å². The molecule has 0 atom stereocenters. The van der Waals surface area contributed by atoms with Gasteiger partial charge < -0.3 is 9.47 Å². The van der Waals surface area contributed by atoms with Gasteiger partial charge in [-0.05, 0) is 71.0 Å². The van der Waals surface area contributed by atoms with Crippen LogP contribution in [0.15, 0.2) is 51.8 Å². The van der Waals surface area contributed by atoms with Gasteiger partial charge in [0, 0.05) is 5.56 Å². The van der Waals surface area contributed by atoms with Gasteiger partial charge in [0.05, 0.1) is 23.1 Å². The summed E-state index contributed by atoms with van der Waals surface area (Å²) in [6, 6.07) is 12.2. The van der Waals surface area contributed by atoms with Crippen molar-refractivity contribution >= 4 is 62.1 Å². The van der Waals surface area contributed by atoms with Crippen LogP contribution in [-0.4, -0.2) is 34.9 Å². The first-order valence-corrected chi connectivity index (χ1v) is 10.6. The molecule has 1 aliphatic rings. The maximum atomic E-state index is 12.8. The van der Waals surface area contributed by atoms with Crippen LogP contribution in [0.5, 0.6) is 11.5 Å². The predicted molar refractivity (Wildman–Crippen MR) is 121 cm³/mol. The van der Waals surface area contributed by atoms with Crippen LogP contribution in [0.3, 0.4) is 0 Å². The van der Waals surface area contributed by atoms with E-state index in [1.54, 1.807) is 43.5 Å². The molecule has 0 radical (unpaired) electrons. The number of thioether (sulfide) groups is 1. The van der Waals surface area contributed by atoms with Crippen molar-refractivity contribution in [3.05, 3.63) is 63.0 Å². The average Bonchev–Trinajstić information content (AvgIpc) is 2.96.